The molecule has 0 aliphatic carbocycles. The number of hydrogen-bond donors (Lipinski definition) is 1. The monoisotopic (exact) mass is 220 g/mol. The Bertz CT molecular complexity index is 366. The van der Waals surface area contributed by atoms with E-state index in [1.807, 2.05) is 0 Å². The van der Waals surface area contributed by atoms with E-state index in [1.54, 1.807) is 0 Å². The lowest BCUT2D eigenvalue weighted by molar-refractivity contribution is -0.136. The second-order valence-corrected chi connectivity index (χ2v) is 2.67. The number of carboxylic acid groups (broad SMARTS) is 1. The molecule has 1 aromatic rings. The summed E-state index contributed by atoms with van der Waals surface area (Å²) in [6.45, 7) is -3.11. The molecule has 0 heterocycles. The Hall–Kier alpha value is -1.72. The smallest absolute Gasteiger partial charge is 0.387 e. The molecular formula is C9H7F3O3. The van der Waals surface area contributed by atoms with Crippen molar-refractivity contribution in [2.24, 2.45) is 0 Å². The van der Waals surface area contributed by atoms with Gasteiger partial charge in [-0.2, -0.15) is 8.78 Å². The number of alkyl halides is 2. The third-order valence-electron chi connectivity index (χ3n) is 1.62. The molecule has 0 atom stereocenters. The molecule has 15 heavy (non-hydrogen) atoms. The van der Waals surface area contributed by atoms with Crippen LogP contribution in [0, 0.1) is 5.82 Å². The van der Waals surface area contributed by atoms with Gasteiger partial charge in [0.15, 0.2) is 0 Å². The van der Waals surface area contributed by atoms with E-state index < -0.39 is 30.6 Å². The van der Waals surface area contributed by atoms with Gasteiger partial charge < -0.3 is 9.84 Å². The van der Waals surface area contributed by atoms with Crippen LogP contribution in [0.25, 0.3) is 0 Å². The topological polar surface area (TPSA) is 46.5 Å². The van der Waals surface area contributed by atoms with Crippen LogP contribution in [0.15, 0.2) is 18.2 Å². The maximum absolute atomic E-state index is 13.1. The highest BCUT2D eigenvalue weighted by Gasteiger charge is 2.15. The molecule has 0 saturated heterocycles. The van der Waals surface area contributed by atoms with E-state index in [2.05, 4.69) is 4.74 Å². The van der Waals surface area contributed by atoms with Crippen molar-refractivity contribution in [3.8, 4) is 5.75 Å². The molecule has 1 N–H and O–H groups in total. The number of aliphatic carboxylic acids is 1. The van der Waals surface area contributed by atoms with Crippen LogP contribution in [-0.2, 0) is 11.2 Å². The number of ether oxygens (including phenoxy) is 1. The Kier molecular flexibility index (Phi) is 3.54. The Morgan fingerprint density at radius 3 is 2.67 bits per heavy atom. The summed E-state index contributed by atoms with van der Waals surface area (Å²) in [5.74, 6) is -2.65. The minimum absolute atomic E-state index is 0.384. The lowest BCUT2D eigenvalue weighted by atomic mass is 10.1. The van der Waals surface area contributed by atoms with Gasteiger partial charge in [-0.05, 0) is 12.1 Å². The first-order valence-corrected chi connectivity index (χ1v) is 3.94. The summed E-state index contributed by atoms with van der Waals surface area (Å²) in [5.41, 5.74) is -0.384. The Morgan fingerprint density at radius 2 is 2.13 bits per heavy atom. The van der Waals surface area contributed by atoms with E-state index in [0.717, 1.165) is 12.1 Å². The van der Waals surface area contributed by atoms with E-state index in [0.29, 0.717) is 0 Å². The molecule has 82 valence electrons. The summed E-state index contributed by atoms with van der Waals surface area (Å²) in [6.07, 6.45) is -0.700. The first kappa shape index (κ1) is 11.4. The second kappa shape index (κ2) is 4.68. The normalized spacial score (nSPS) is 10.4. The molecule has 3 nitrogen and oxygen atoms in total. The highest BCUT2D eigenvalue weighted by Crippen LogP contribution is 2.23. The zero-order valence-electron chi connectivity index (χ0n) is 7.41. The van der Waals surface area contributed by atoms with E-state index >= 15 is 0 Å². The van der Waals surface area contributed by atoms with Crippen LogP contribution >= 0.6 is 0 Å². The van der Waals surface area contributed by atoms with Crippen molar-refractivity contribution in [3.05, 3.63) is 29.6 Å². The van der Waals surface area contributed by atoms with Crippen molar-refractivity contribution in [2.75, 3.05) is 0 Å². The average Bonchev–Trinajstić information content (AvgIpc) is 2.09. The zero-order valence-corrected chi connectivity index (χ0v) is 7.41. The van der Waals surface area contributed by atoms with Crippen molar-refractivity contribution in [1.82, 2.24) is 0 Å². The van der Waals surface area contributed by atoms with Crippen LogP contribution in [-0.4, -0.2) is 17.7 Å². The summed E-state index contributed by atoms with van der Waals surface area (Å²) in [5, 5.41) is 8.44. The van der Waals surface area contributed by atoms with Gasteiger partial charge in [-0.15, -0.1) is 0 Å². The molecule has 0 spiro atoms. The summed E-state index contributed by atoms with van der Waals surface area (Å²) >= 11 is 0. The SMILES string of the molecule is O=C(O)Cc1c(F)cccc1OC(F)F. The highest BCUT2D eigenvalue weighted by molar-refractivity contribution is 5.71. The molecular weight excluding hydrogens is 213 g/mol. The minimum Gasteiger partial charge on any atom is -0.481 e. The molecule has 0 fully saturated rings. The van der Waals surface area contributed by atoms with Gasteiger partial charge in [-0.3, -0.25) is 4.79 Å². The quantitative estimate of drug-likeness (QED) is 0.844. The number of benzene rings is 1. The molecule has 0 aliphatic rings. The van der Waals surface area contributed by atoms with E-state index in [1.165, 1.54) is 6.07 Å². The van der Waals surface area contributed by atoms with Gasteiger partial charge in [-0.25, -0.2) is 4.39 Å². The van der Waals surface area contributed by atoms with Crippen LogP contribution in [0.5, 0.6) is 5.75 Å². The van der Waals surface area contributed by atoms with Gasteiger partial charge in [0.1, 0.15) is 11.6 Å². The van der Waals surface area contributed by atoms with Crippen LogP contribution in [0.4, 0.5) is 13.2 Å². The molecule has 0 unspecified atom stereocenters. The van der Waals surface area contributed by atoms with Gasteiger partial charge >= 0.3 is 12.6 Å². The van der Waals surface area contributed by atoms with Crippen molar-refractivity contribution in [3.63, 3.8) is 0 Å². The van der Waals surface area contributed by atoms with Crippen LogP contribution in [0.2, 0.25) is 0 Å². The molecule has 0 aliphatic heterocycles. The van der Waals surface area contributed by atoms with Crippen molar-refractivity contribution in [2.45, 2.75) is 13.0 Å². The van der Waals surface area contributed by atoms with E-state index in [9.17, 15) is 18.0 Å². The fourth-order valence-electron chi connectivity index (χ4n) is 1.07. The van der Waals surface area contributed by atoms with Crippen LogP contribution in [0.1, 0.15) is 5.56 Å². The second-order valence-electron chi connectivity index (χ2n) is 2.67. The zero-order chi connectivity index (χ0) is 11.4. The first-order chi connectivity index (χ1) is 7.00. The highest BCUT2D eigenvalue weighted by atomic mass is 19.3. The average molecular weight is 220 g/mol. The minimum atomic E-state index is -3.11. The number of carbonyl (C=O) groups is 1. The summed E-state index contributed by atoms with van der Waals surface area (Å²) in [7, 11) is 0. The number of halogens is 3. The van der Waals surface area contributed by atoms with Gasteiger partial charge in [0.2, 0.25) is 0 Å². The molecule has 1 rings (SSSR count). The predicted molar refractivity (Wildman–Crippen MR) is 44.4 cm³/mol. The lowest BCUT2D eigenvalue weighted by Crippen LogP contribution is -2.09. The van der Waals surface area contributed by atoms with E-state index in [4.69, 9.17) is 5.11 Å². The summed E-state index contributed by atoms with van der Waals surface area (Å²) in [4.78, 5) is 10.3. The first-order valence-electron chi connectivity index (χ1n) is 3.94. The largest absolute Gasteiger partial charge is 0.481 e. The lowest BCUT2D eigenvalue weighted by Gasteiger charge is -2.09. The molecule has 0 bridgehead atoms. The van der Waals surface area contributed by atoms with Gasteiger partial charge in [0, 0.05) is 5.56 Å². The Morgan fingerprint density at radius 1 is 1.47 bits per heavy atom. The number of carboxylic acids is 1. The Labute approximate surface area is 83.1 Å². The summed E-state index contributed by atoms with van der Waals surface area (Å²) < 4.78 is 40.8. The molecule has 0 aromatic heterocycles. The number of rotatable bonds is 4. The van der Waals surface area contributed by atoms with Gasteiger partial charge in [-0.1, -0.05) is 6.07 Å². The third kappa shape index (κ3) is 3.16. The van der Waals surface area contributed by atoms with Crippen molar-refractivity contribution >= 4 is 5.97 Å². The fraction of sp³-hybridized carbons (Fsp3) is 0.222. The molecule has 0 saturated carbocycles. The van der Waals surface area contributed by atoms with Crippen molar-refractivity contribution < 1.29 is 27.8 Å². The predicted octanol–water partition coefficient (Wildman–Crippen LogP) is 2.05. The fourth-order valence-corrected chi connectivity index (χ4v) is 1.07. The van der Waals surface area contributed by atoms with Gasteiger partial charge in [0.05, 0.1) is 6.42 Å². The standard InChI is InChI=1S/C9H7F3O3/c10-6-2-1-3-7(15-9(11)12)5(6)4-8(13)14/h1-3,9H,4H2,(H,13,14). The summed E-state index contributed by atoms with van der Waals surface area (Å²) in [6, 6.07) is 3.24. The van der Waals surface area contributed by atoms with Crippen LogP contribution in [0.3, 0.4) is 0 Å². The Balaban J connectivity index is 3.02. The molecule has 0 amide bonds. The molecule has 1 aromatic carbocycles. The van der Waals surface area contributed by atoms with Crippen LogP contribution < -0.4 is 4.74 Å². The number of hydrogen-bond acceptors (Lipinski definition) is 2. The maximum Gasteiger partial charge on any atom is 0.387 e. The van der Waals surface area contributed by atoms with E-state index in [-0.39, 0.29) is 5.56 Å². The molecule has 0 radical (unpaired) electrons. The third-order valence-corrected chi connectivity index (χ3v) is 1.62. The van der Waals surface area contributed by atoms with Gasteiger partial charge in [0.25, 0.3) is 0 Å². The molecule has 6 heteroatoms. The van der Waals surface area contributed by atoms with Crippen molar-refractivity contribution in [1.29, 1.82) is 0 Å². The maximum atomic E-state index is 13.1.